The van der Waals surface area contributed by atoms with Gasteiger partial charge in [0.25, 0.3) is 5.91 Å². The van der Waals surface area contributed by atoms with E-state index in [2.05, 4.69) is 12.6 Å². The first kappa shape index (κ1) is 26.4. The van der Waals surface area contributed by atoms with Crippen molar-refractivity contribution in [2.75, 3.05) is 12.6 Å². The molecule has 0 aromatic heterocycles. The first-order valence-corrected chi connectivity index (χ1v) is 11.4. The summed E-state index contributed by atoms with van der Waals surface area (Å²) in [6.07, 6.45) is 1.55. The molecule has 10 heteroatoms. The van der Waals surface area contributed by atoms with Gasteiger partial charge in [0.1, 0.15) is 34.9 Å². The van der Waals surface area contributed by atoms with Crippen LogP contribution in [0.25, 0.3) is 11.1 Å². The summed E-state index contributed by atoms with van der Waals surface area (Å²) < 4.78 is 67.1. The number of carbonyl (C=O) groups is 1. The monoisotopic (exact) mass is 502 g/mol. The number of thiol groups is 1. The largest absolute Gasteiger partial charge is 0.381 e. The molecule has 34 heavy (non-hydrogen) atoms. The summed E-state index contributed by atoms with van der Waals surface area (Å²) in [7, 11) is 0. The Labute approximate surface area is 200 Å². The van der Waals surface area contributed by atoms with E-state index in [1.807, 2.05) is 0 Å². The Balaban J connectivity index is 0.00000103. The number of rotatable bonds is 4. The quantitative estimate of drug-likeness (QED) is 0.429. The van der Waals surface area contributed by atoms with Crippen molar-refractivity contribution in [3.8, 4) is 11.1 Å². The topological polar surface area (TPSA) is 66.6 Å². The van der Waals surface area contributed by atoms with Crippen LogP contribution in [0.2, 0.25) is 0 Å². The van der Waals surface area contributed by atoms with Crippen molar-refractivity contribution in [3.63, 3.8) is 0 Å². The molecule has 4 rings (SSSR count). The van der Waals surface area contributed by atoms with Gasteiger partial charge in [-0.1, -0.05) is 0 Å². The Kier molecular flexibility index (Phi) is 7.64. The number of alkyl halides is 1. The number of nitrogens with zero attached hydrogens (tertiary/aromatic N) is 1. The number of carbonyl (C=O) groups excluding carboxylic acids is 1. The molecular formula is C24H27F5N2O2S. The fourth-order valence-electron chi connectivity index (χ4n) is 4.57. The lowest BCUT2D eigenvalue weighted by Gasteiger charge is -2.31. The predicted molar refractivity (Wildman–Crippen MR) is 122 cm³/mol. The molecule has 2 aromatic rings. The van der Waals surface area contributed by atoms with Crippen molar-refractivity contribution in [1.29, 1.82) is 0 Å². The van der Waals surface area contributed by atoms with E-state index in [4.69, 9.17) is 5.73 Å². The van der Waals surface area contributed by atoms with Crippen LogP contribution in [0.15, 0.2) is 30.3 Å². The Hall–Kier alpha value is -2.17. The van der Waals surface area contributed by atoms with Crippen molar-refractivity contribution < 1.29 is 31.9 Å². The Morgan fingerprint density at radius 3 is 2.15 bits per heavy atom. The van der Waals surface area contributed by atoms with Crippen LogP contribution in [-0.4, -0.2) is 46.1 Å². The Morgan fingerprint density at radius 2 is 1.65 bits per heavy atom. The molecule has 1 spiro atoms. The molecule has 2 aliphatic rings. The summed E-state index contributed by atoms with van der Waals surface area (Å²) in [5, 5.41) is 10.2. The molecule has 186 valence electrons. The lowest BCUT2D eigenvalue weighted by molar-refractivity contribution is -0.149. The SMILES string of the molecule is CC(C)(O)C(=O)N1CC2(CC2)C(N)C1Cc1cc(F)cc(-c2cc(F)cc(F)c2)c1F.FCS. The minimum Gasteiger partial charge on any atom is -0.381 e. The molecule has 1 amide bonds. The molecule has 2 atom stereocenters. The van der Waals surface area contributed by atoms with Gasteiger partial charge in [-0.05, 0) is 68.5 Å². The van der Waals surface area contributed by atoms with Gasteiger partial charge in [0.2, 0.25) is 0 Å². The molecule has 0 radical (unpaired) electrons. The van der Waals surface area contributed by atoms with E-state index in [1.165, 1.54) is 18.7 Å². The van der Waals surface area contributed by atoms with Crippen LogP contribution in [0, 0.1) is 28.7 Å². The molecule has 3 N–H and O–H groups in total. The van der Waals surface area contributed by atoms with Gasteiger partial charge in [0.05, 0.1) is 6.04 Å². The van der Waals surface area contributed by atoms with Crippen LogP contribution in [0.4, 0.5) is 22.0 Å². The number of hydrogen-bond donors (Lipinski definition) is 3. The Morgan fingerprint density at radius 1 is 1.12 bits per heavy atom. The van der Waals surface area contributed by atoms with Crippen LogP contribution in [0.3, 0.4) is 0 Å². The number of amides is 1. The van der Waals surface area contributed by atoms with Crippen LogP contribution in [-0.2, 0) is 11.2 Å². The van der Waals surface area contributed by atoms with Gasteiger partial charge in [-0.3, -0.25) is 4.79 Å². The average molecular weight is 503 g/mol. The summed E-state index contributed by atoms with van der Waals surface area (Å²) >= 11 is 3.12. The summed E-state index contributed by atoms with van der Waals surface area (Å²) in [5.41, 5.74) is 4.06. The molecule has 2 fully saturated rings. The van der Waals surface area contributed by atoms with E-state index in [1.54, 1.807) is 0 Å². The van der Waals surface area contributed by atoms with Crippen LogP contribution >= 0.6 is 12.6 Å². The number of halogens is 5. The van der Waals surface area contributed by atoms with Gasteiger partial charge in [-0.25, -0.2) is 22.0 Å². The maximum absolute atomic E-state index is 15.3. The standard InChI is InChI=1S/C23H24F4N2O2.CH3FS/c1-22(2,31)21(30)29-11-23(3-4-23)20(28)18(29)8-13-7-16(26)10-17(19(13)27)12-5-14(24)9-15(25)6-12;2-1-3/h5-7,9-10,18,20,31H,3-4,8,11,28H2,1-2H3;3H,1H2. The van der Waals surface area contributed by atoms with Gasteiger partial charge in [-0.2, -0.15) is 0 Å². The third kappa shape index (κ3) is 5.39. The molecule has 1 heterocycles. The maximum atomic E-state index is 15.3. The van der Waals surface area contributed by atoms with Crippen LogP contribution in [0.1, 0.15) is 32.3 Å². The first-order chi connectivity index (χ1) is 15.8. The molecule has 1 saturated carbocycles. The number of likely N-dealkylation sites (tertiary alicyclic amines) is 1. The normalized spacial score (nSPS) is 20.8. The van der Waals surface area contributed by atoms with Crippen LogP contribution < -0.4 is 5.73 Å². The molecule has 2 unspecified atom stereocenters. The molecule has 2 aromatic carbocycles. The second-order valence-corrected chi connectivity index (χ2v) is 9.59. The number of hydrogen-bond acceptors (Lipinski definition) is 4. The van der Waals surface area contributed by atoms with Gasteiger partial charge in [0.15, 0.2) is 0 Å². The van der Waals surface area contributed by atoms with E-state index in [9.17, 15) is 27.5 Å². The summed E-state index contributed by atoms with van der Waals surface area (Å²) in [6.45, 7) is 3.09. The van der Waals surface area contributed by atoms with E-state index < -0.39 is 52.9 Å². The first-order valence-electron chi connectivity index (χ1n) is 10.7. The van der Waals surface area contributed by atoms with Gasteiger partial charge in [-0.15, -0.1) is 12.6 Å². The molecule has 0 bridgehead atoms. The second kappa shape index (κ2) is 9.83. The lowest BCUT2D eigenvalue weighted by Crippen LogP contribution is -2.51. The van der Waals surface area contributed by atoms with Crippen molar-refractivity contribution in [2.45, 2.75) is 50.8 Å². The summed E-state index contributed by atoms with van der Waals surface area (Å²) in [4.78, 5) is 14.3. The van der Waals surface area contributed by atoms with Crippen molar-refractivity contribution in [2.24, 2.45) is 11.1 Å². The second-order valence-electron chi connectivity index (χ2n) is 9.36. The molecule has 1 aliphatic heterocycles. The summed E-state index contributed by atoms with van der Waals surface area (Å²) in [5.74, 6) is -3.94. The Bertz CT molecular complexity index is 1050. The van der Waals surface area contributed by atoms with Crippen molar-refractivity contribution in [1.82, 2.24) is 4.90 Å². The van der Waals surface area contributed by atoms with E-state index in [0.29, 0.717) is 12.6 Å². The van der Waals surface area contributed by atoms with Crippen molar-refractivity contribution in [3.05, 3.63) is 59.2 Å². The third-order valence-electron chi connectivity index (χ3n) is 6.40. The lowest BCUT2D eigenvalue weighted by atomic mass is 9.91. The predicted octanol–water partition coefficient (Wildman–Crippen LogP) is 4.38. The molecule has 4 nitrogen and oxygen atoms in total. The fourth-order valence-corrected chi connectivity index (χ4v) is 4.57. The minimum atomic E-state index is -1.64. The minimum absolute atomic E-state index is 0.0497. The van der Waals surface area contributed by atoms with Crippen LogP contribution in [0.5, 0.6) is 0 Å². The third-order valence-corrected chi connectivity index (χ3v) is 6.40. The molecule has 1 saturated heterocycles. The molecule has 1 aliphatic carbocycles. The van der Waals surface area contributed by atoms with Gasteiger partial charge >= 0.3 is 0 Å². The zero-order chi connectivity index (χ0) is 25.4. The van der Waals surface area contributed by atoms with Crippen molar-refractivity contribution >= 4 is 18.5 Å². The highest BCUT2D eigenvalue weighted by Gasteiger charge is 2.59. The van der Waals surface area contributed by atoms with E-state index in [0.717, 1.165) is 37.1 Å². The highest BCUT2D eigenvalue weighted by Crippen LogP contribution is 2.54. The molecular weight excluding hydrogens is 475 g/mol. The van der Waals surface area contributed by atoms with Gasteiger partial charge < -0.3 is 15.7 Å². The number of aliphatic hydroxyl groups is 1. The van der Waals surface area contributed by atoms with E-state index in [-0.39, 0.29) is 28.5 Å². The highest BCUT2D eigenvalue weighted by molar-refractivity contribution is 7.80. The smallest absolute Gasteiger partial charge is 0.254 e. The fraction of sp³-hybridized carbons (Fsp3) is 0.458. The average Bonchev–Trinajstić information content (AvgIpc) is 3.46. The number of benzene rings is 2. The van der Waals surface area contributed by atoms with E-state index >= 15 is 4.39 Å². The zero-order valence-electron chi connectivity index (χ0n) is 18.8. The van der Waals surface area contributed by atoms with Gasteiger partial charge in [0, 0.05) is 29.6 Å². The number of nitrogens with two attached hydrogens (primary N) is 1. The zero-order valence-corrected chi connectivity index (χ0v) is 19.7. The highest BCUT2D eigenvalue weighted by atomic mass is 32.1. The summed E-state index contributed by atoms with van der Waals surface area (Å²) in [6, 6.07) is 2.72. The maximum Gasteiger partial charge on any atom is 0.254 e.